The van der Waals surface area contributed by atoms with Crippen molar-refractivity contribution in [1.29, 1.82) is 0 Å². The van der Waals surface area contributed by atoms with Crippen LogP contribution in [0.5, 0.6) is 17.2 Å². The molecule has 0 aliphatic carbocycles. The van der Waals surface area contributed by atoms with Crippen molar-refractivity contribution in [1.82, 2.24) is 9.88 Å². The molecule has 3 aromatic carbocycles. The second kappa shape index (κ2) is 9.65. The lowest BCUT2D eigenvalue weighted by Crippen LogP contribution is -2.51. The molecule has 4 aromatic rings. The van der Waals surface area contributed by atoms with Gasteiger partial charge in [0.05, 0.1) is 33.8 Å². The quantitative estimate of drug-likeness (QED) is 0.348. The summed E-state index contributed by atoms with van der Waals surface area (Å²) in [7, 11) is 4.74. The Kier molecular flexibility index (Phi) is 6.25. The summed E-state index contributed by atoms with van der Waals surface area (Å²) in [6.07, 6.45) is 2.10. The molecule has 0 bridgehead atoms. The normalized spacial score (nSPS) is 15.8. The highest BCUT2D eigenvalue weighted by molar-refractivity contribution is 6.02. The van der Waals surface area contributed by atoms with Crippen LogP contribution in [0.2, 0.25) is 0 Å². The third kappa shape index (κ3) is 4.11. The minimum atomic E-state index is -0.845. The number of hydrogen-bond donors (Lipinski definition) is 2. The number of fused-ring (bicyclic) bond motifs is 1. The first-order chi connectivity index (χ1) is 17.5. The van der Waals surface area contributed by atoms with Crippen LogP contribution in [-0.2, 0) is 9.59 Å². The number of rotatable bonds is 8. The van der Waals surface area contributed by atoms with E-state index in [2.05, 4.69) is 10.3 Å². The zero-order valence-corrected chi connectivity index (χ0v) is 20.3. The number of H-pyrrole nitrogens is 1. The number of hydrogen-bond acceptors (Lipinski definition) is 5. The maximum Gasteiger partial charge on any atom is 0.251 e. The molecule has 0 spiro atoms. The second-order valence-corrected chi connectivity index (χ2v) is 8.55. The van der Waals surface area contributed by atoms with Crippen molar-refractivity contribution >= 4 is 28.4 Å². The van der Waals surface area contributed by atoms with E-state index in [4.69, 9.17) is 14.2 Å². The second-order valence-electron chi connectivity index (χ2n) is 8.55. The Morgan fingerprint density at radius 1 is 0.972 bits per heavy atom. The number of benzene rings is 3. The average molecular weight is 486 g/mol. The topological polar surface area (TPSA) is 92.9 Å². The SMILES string of the molecule is COc1ccc(NC(=O)C(c2c[nH]c3ccccc23)N2C(=O)CC2c2ccc(OC)c(OC)c2)cc1. The number of nitrogens with one attached hydrogen (secondary N) is 2. The minimum absolute atomic E-state index is 0.102. The monoisotopic (exact) mass is 485 g/mol. The average Bonchev–Trinajstić information content (AvgIpc) is 3.34. The first kappa shape index (κ1) is 23.3. The van der Waals surface area contributed by atoms with Crippen LogP contribution in [0.25, 0.3) is 10.9 Å². The Morgan fingerprint density at radius 3 is 2.42 bits per heavy atom. The van der Waals surface area contributed by atoms with Gasteiger partial charge in [-0.25, -0.2) is 0 Å². The van der Waals surface area contributed by atoms with Crippen molar-refractivity contribution in [2.45, 2.75) is 18.5 Å². The number of amides is 2. The molecule has 2 heterocycles. The van der Waals surface area contributed by atoms with Gasteiger partial charge in [-0.3, -0.25) is 9.59 Å². The zero-order chi connectivity index (χ0) is 25.2. The number of methoxy groups -OCH3 is 3. The highest BCUT2D eigenvalue weighted by Gasteiger charge is 2.46. The summed E-state index contributed by atoms with van der Waals surface area (Å²) in [6, 6.07) is 19.3. The molecule has 2 atom stereocenters. The number of ether oxygens (including phenoxy) is 3. The third-order valence-electron chi connectivity index (χ3n) is 6.58. The van der Waals surface area contributed by atoms with E-state index in [1.165, 1.54) is 0 Å². The highest BCUT2D eigenvalue weighted by Crippen LogP contribution is 2.45. The molecule has 2 N–H and O–H groups in total. The van der Waals surface area contributed by atoms with E-state index < -0.39 is 6.04 Å². The van der Waals surface area contributed by atoms with Crippen LogP contribution >= 0.6 is 0 Å². The molecule has 1 aromatic heterocycles. The maximum absolute atomic E-state index is 13.8. The van der Waals surface area contributed by atoms with Crippen LogP contribution in [0.3, 0.4) is 0 Å². The van der Waals surface area contributed by atoms with Gasteiger partial charge < -0.3 is 29.4 Å². The maximum atomic E-state index is 13.8. The van der Waals surface area contributed by atoms with Gasteiger partial charge in [-0.1, -0.05) is 24.3 Å². The molecule has 8 heteroatoms. The lowest BCUT2D eigenvalue weighted by atomic mass is 9.88. The number of nitrogens with zero attached hydrogens (tertiary/aromatic N) is 1. The van der Waals surface area contributed by atoms with Crippen molar-refractivity contribution in [2.24, 2.45) is 0 Å². The summed E-state index contributed by atoms with van der Waals surface area (Å²) in [5.74, 6) is 1.45. The van der Waals surface area contributed by atoms with E-state index in [0.717, 1.165) is 22.0 Å². The van der Waals surface area contributed by atoms with E-state index in [0.29, 0.717) is 29.4 Å². The smallest absolute Gasteiger partial charge is 0.251 e. The largest absolute Gasteiger partial charge is 0.497 e. The van der Waals surface area contributed by atoms with Gasteiger partial charge in [-0.2, -0.15) is 0 Å². The van der Waals surface area contributed by atoms with Crippen molar-refractivity contribution < 1.29 is 23.8 Å². The number of β-lactam (4-membered cyclic amide) rings is 1. The van der Waals surface area contributed by atoms with E-state index in [1.54, 1.807) is 56.7 Å². The fourth-order valence-corrected chi connectivity index (χ4v) is 4.72. The molecular weight excluding hydrogens is 458 g/mol. The Bertz CT molecular complexity index is 1410. The molecule has 2 amide bonds. The summed E-state index contributed by atoms with van der Waals surface area (Å²) >= 11 is 0. The molecule has 8 nitrogen and oxygen atoms in total. The molecule has 0 saturated carbocycles. The molecule has 36 heavy (non-hydrogen) atoms. The molecule has 1 aliphatic heterocycles. The van der Waals surface area contributed by atoms with Gasteiger partial charge in [0.15, 0.2) is 11.5 Å². The predicted molar refractivity (Wildman–Crippen MR) is 136 cm³/mol. The Balaban J connectivity index is 1.54. The molecule has 0 radical (unpaired) electrons. The summed E-state index contributed by atoms with van der Waals surface area (Å²) in [5, 5.41) is 3.87. The number of anilines is 1. The van der Waals surface area contributed by atoms with Gasteiger partial charge >= 0.3 is 0 Å². The summed E-state index contributed by atoms with van der Waals surface area (Å²) in [5.41, 5.74) is 3.11. The van der Waals surface area contributed by atoms with Crippen LogP contribution < -0.4 is 19.5 Å². The molecular formula is C28H27N3O5. The molecule has 1 saturated heterocycles. The summed E-state index contributed by atoms with van der Waals surface area (Å²) < 4.78 is 16.1. The van der Waals surface area contributed by atoms with E-state index in [-0.39, 0.29) is 17.9 Å². The Morgan fingerprint density at radius 2 is 1.72 bits per heavy atom. The third-order valence-corrected chi connectivity index (χ3v) is 6.58. The van der Waals surface area contributed by atoms with Crippen LogP contribution in [0.4, 0.5) is 5.69 Å². The molecule has 5 rings (SSSR count). The van der Waals surface area contributed by atoms with Crippen molar-refractivity contribution in [2.75, 3.05) is 26.6 Å². The first-order valence-electron chi connectivity index (χ1n) is 11.6. The summed E-state index contributed by atoms with van der Waals surface area (Å²) in [4.78, 5) is 31.7. The molecule has 2 unspecified atom stereocenters. The Hall–Kier alpha value is -4.46. The fourth-order valence-electron chi connectivity index (χ4n) is 4.72. The van der Waals surface area contributed by atoms with Crippen LogP contribution in [0, 0.1) is 0 Å². The van der Waals surface area contributed by atoms with Crippen molar-refractivity contribution in [3.63, 3.8) is 0 Å². The van der Waals surface area contributed by atoms with E-state index >= 15 is 0 Å². The van der Waals surface area contributed by atoms with Crippen LogP contribution in [-0.4, -0.2) is 43.0 Å². The number of carbonyl (C=O) groups is 2. The zero-order valence-electron chi connectivity index (χ0n) is 20.3. The first-order valence-corrected chi connectivity index (χ1v) is 11.6. The van der Waals surface area contributed by atoms with Crippen molar-refractivity contribution in [3.8, 4) is 17.2 Å². The number of para-hydroxylation sites is 1. The Labute approximate surface area is 208 Å². The lowest BCUT2D eigenvalue weighted by molar-refractivity contribution is -0.154. The minimum Gasteiger partial charge on any atom is -0.497 e. The van der Waals surface area contributed by atoms with Gasteiger partial charge in [0, 0.05) is 28.4 Å². The predicted octanol–water partition coefficient (Wildman–Crippen LogP) is 4.85. The molecule has 1 aliphatic rings. The lowest BCUT2D eigenvalue weighted by Gasteiger charge is -2.45. The number of aromatic nitrogens is 1. The van der Waals surface area contributed by atoms with Crippen LogP contribution in [0.15, 0.2) is 72.9 Å². The van der Waals surface area contributed by atoms with Gasteiger partial charge in [0.1, 0.15) is 11.8 Å². The number of likely N-dealkylation sites (tertiary alicyclic amines) is 1. The van der Waals surface area contributed by atoms with E-state index in [9.17, 15) is 9.59 Å². The fraction of sp³-hybridized carbons (Fsp3) is 0.214. The number of aromatic amines is 1. The summed E-state index contributed by atoms with van der Waals surface area (Å²) in [6.45, 7) is 0. The van der Waals surface area contributed by atoms with Gasteiger partial charge in [0.2, 0.25) is 5.91 Å². The molecule has 184 valence electrons. The molecule has 1 fully saturated rings. The number of carbonyl (C=O) groups excluding carboxylic acids is 2. The standard InChI is InChI=1S/C28H27N3O5/c1-34-19-11-9-18(10-12-19)30-28(33)27(21-16-29-22-7-5-4-6-20(21)22)31-23(15-26(31)32)17-8-13-24(35-2)25(14-17)36-3/h4-14,16,23,27,29H,15H2,1-3H3,(H,30,33). The van der Waals surface area contributed by atoms with Crippen molar-refractivity contribution in [3.05, 3.63) is 84.1 Å². The van der Waals surface area contributed by atoms with E-state index in [1.807, 2.05) is 42.5 Å². The van der Waals surface area contributed by atoms with Gasteiger partial charge in [-0.15, -0.1) is 0 Å². The van der Waals surface area contributed by atoms with Gasteiger partial charge in [0.25, 0.3) is 5.91 Å². The highest BCUT2D eigenvalue weighted by atomic mass is 16.5. The van der Waals surface area contributed by atoms with Crippen LogP contribution in [0.1, 0.15) is 29.6 Å². The van der Waals surface area contributed by atoms with Gasteiger partial charge in [-0.05, 0) is 48.0 Å².